The molecule has 0 aromatic heterocycles. The van der Waals surface area contributed by atoms with Crippen molar-refractivity contribution in [2.45, 2.75) is 12.6 Å². The van der Waals surface area contributed by atoms with Crippen LogP contribution in [0.1, 0.15) is 6.42 Å². The predicted octanol–water partition coefficient (Wildman–Crippen LogP) is 2.79. The van der Waals surface area contributed by atoms with Crippen molar-refractivity contribution in [2.24, 2.45) is 5.73 Å². The second kappa shape index (κ2) is 5.59. The van der Waals surface area contributed by atoms with E-state index in [2.05, 4.69) is 0 Å². The zero-order chi connectivity index (χ0) is 12.3. The van der Waals surface area contributed by atoms with Crippen LogP contribution in [0, 0.1) is 0 Å². The molecule has 3 N–H and O–H groups in total. The highest BCUT2D eigenvalue weighted by Gasteiger charge is 2.13. The summed E-state index contributed by atoms with van der Waals surface area (Å²) in [7, 11) is 0. The molecule has 0 radical (unpaired) electrons. The summed E-state index contributed by atoms with van der Waals surface area (Å²) in [6.07, 6.45) is -1.33. The lowest BCUT2D eigenvalue weighted by Gasteiger charge is -2.14. The summed E-state index contributed by atoms with van der Waals surface area (Å²) in [6, 6.07) is 2.78. The lowest BCUT2D eigenvalue weighted by atomic mass is 10.3. The van der Waals surface area contributed by atoms with E-state index in [1.165, 1.54) is 12.1 Å². The van der Waals surface area contributed by atoms with Crippen molar-refractivity contribution in [2.75, 3.05) is 0 Å². The number of halogens is 3. The van der Waals surface area contributed by atoms with Gasteiger partial charge in [0.05, 0.1) is 21.5 Å². The summed E-state index contributed by atoms with van der Waals surface area (Å²) in [4.78, 5) is 10.4. The van der Waals surface area contributed by atoms with Gasteiger partial charge in [0.2, 0.25) is 0 Å². The molecule has 0 heterocycles. The van der Waals surface area contributed by atoms with Crippen LogP contribution in [0.2, 0.25) is 15.1 Å². The van der Waals surface area contributed by atoms with Crippen LogP contribution in [0.25, 0.3) is 0 Å². The molecule has 4 nitrogen and oxygen atoms in total. The van der Waals surface area contributed by atoms with E-state index in [1.54, 1.807) is 0 Å². The fourth-order valence-electron chi connectivity index (χ4n) is 0.971. The Labute approximate surface area is 107 Å². The molecule has 0 fully saturated rings. The summed E-state index contributed by atoms with van der Waals surface area (Å²) < 4.78 is 5.11. The summed E-state index contributed by atoms with van der Waals surface area (Å²) in [6.45, 7) is 0. The molecule has 16 heavy (non-hydrogen) atoms. The molecule has 0 saturated carbocycles. The molecular formula is C9H8Cl3NO3. The molecule has 1 atom stereocenters. The Morgan fingerprint density at radius 2 is 1.88 bits per heavy atom. The van der Waals surface area contributed by atoms with Gasteiger partial charge in [-0.15, -0.1) is 0 Å². The van der Waals surface area contributed by atoms with Crippen molar-refractivity contribution in [1.29, 1.82) is 0 Å². The van der Waals surface area contributed by atoms with Crippen molar-refractivity contribution in [1.82, 2.24) is 0 Å². The van der Waals surface area contributed by atoms with E-state index in [0.717, 1.165) is 0 Å². The Balaban J connectivity index is 2.81. The highest BCUT2D eigenvalue weighted by atomic mass is 35.5. The van der Waals surface area contributed by atoms with Crippen molar-refractivity contribution in [3.63, 3.8) is 0 Å². The number of hydrogen-bond acceptors (Lipinski definition) is 3. The molecule has 0 saturated heterocycles. The lowest BCUT2D eigenvalue weighted by Crippen LogP contribution is -2.30. The summed E-state index contributed by atoms with van der Waals surface area (Å²) in [5.74, 6) is -0.867. The first kappa shape index (κ1) is 13.4. The maximum absolute atomic E-state index is 10.4. The van der Waals surface area contributed by atoms with Crippen LogP contribution in [0.3, 0.4) is 0 Å². The van der Waals surface area contributed by atoms with Gasteiger partial charge in [0, 0.05) is 6.07 Å². The largest absolute Gasteiger partial charge is 0.481 e. The van der Waals surface area contributed by atoms with E-state index >= 15 is 0 Å². The molecule has 1 rings (SSSR count). The van der Waals surface area contributed by atoms with Crippen LogP contribution in [-0.2, 0) is 4.79 Å². The second-order valence-electron chi connectivity index (χ2n) is 2.95. The predicted molar refractivity (Wildman–Crippen MR) is 62.3 cm³/mol. The number of hydrogen-bond donors (Lipinski definition) is 2. The quantitative estimate of drug-likeness (QED) is 0.659. The van der Waals surface area contributed by atoms with Gasteiger partial charge in [-0.25, -0.2) is 0 Å². The van der Waals surface area contributed by atoms with Gasteiger partial charge in [-0.1, -0.05) is 34.8 Å². The fraction of sp³-hybridized carbons (Fsp3) is 0.222. The number of aliphatic carboxylic acids is 1. The van der Waals surface area contributed by atoms with Gasteiger partial charge in [-0.2, -0.15) is 0 Å². The fourth-order valence-corrected chi connectivity index (χ4v) is 1.55. The molecule has 1 aromatic carbocycles. The Morgan fingerprint density at radius 3 is 2.44 bits per heavy atom. The minimum atomic E-state index is -1.07. The second-order valence-corrected chi connectivity index (χ2v) is 4.17. The van der Waals surface area contributed by atoms with Crippen molar-refractivity contribution < 1.29 is 14.6 Å². The maximum Gasteiger partial charge on any atom is 0.308 e. The van der Waals surface area contributed by atoms with Crippen LogP contribution in [0.4, 0.5) is 0 Å². The molecule has 0 aliphatic carbocycles. The van der Waals surface area contributed by atoms with Crippen LogP contribution < -0.4 is 10.5 Å². The Kier molecular flexibility index (Phi) is 4.68. The number of carboxylic acids is 1. The van der Waals surface area contributed by atoms with Crippen LogP contribution in [0.5, 0.6) is 5.75 Å². The van der Waals surface area contributed by atoms with Gasteiger partial charge in [0.1, 0.15) is 5.75 Å². The summed E-state index contributed by atoms with van der Waals surface area (Å²) >= 11 is 17.3. The Bertz CT molecular complexity index is 411. The van der Waals surface area contributed by atoms with E-state index in [9.17, 15) is 4.79 Å². The van der Waals surface area contributed by atoms with Crippen molar-refractivity contribution in [3.8, 4) is 5.75 Å². The number of carboxylic acid groups (broad SMARTS) is 1. The summed E-state index contributed by atoms with van der Waals surface area (Å²) in [5, 5.41) is 9.24. The SMILES string of the molecule is NC(CC(=O)O)Oc1cc(Cl)c(Cl)cc1Cl. The average molecular weight is 285 g/mol. The zero-order valence-corrected chi connectivity index (χ0v) is 10.2. The highest BCUT2D eigenvalue weighted by molar-refractivity contribution is 6.43. The zero-order valence-electron chi connectivity index (χ0n) is 7.91. The average Bonchev–Trinajstić information content (AvgIpc) is 2.12. The van der Waals surface area contributed by atoms with E-state index in [-0.39, 0.29) is 27.2 Å². The van der Waals surface area contributed by atoms with Gasteiger partial charge < -0.3 is 9.84 Å². The number of nitrogens with two attached hydrogens (primary N) is 1. The van der Waals surface area contributed by atoms with Crippen LogP contribution >= 0.6 is 34.8 Å². The third-order valence-corrected chi connectivity index (χ3v) is 2.65. The molecule has 0 amide bonds. The molecule has 1 aromatic rings. The molecule has 1 unspecified atom stereocenters. The van der Waals surface area contributed by atoms with Gasteiger partial charge in [0.25, 0.3) is 0 Å². The number of ether oxygens (including phenoxy) is 1. The first-order valence-corrected chi connectivity index (χ1v) is 5.32. The summed E-state index contributed by atoms with van der Waals surface area (Å²) in [5.41, 5.74) is 5.43. The number of rotatable bonds is 4. The smallest absolute Gasteiger partial charge is 0.308 e. The molecule has 0 aliphatic rings. The maximum atomic E-state index is 10.4. The highest BCUT2D eigenvalue weighted by Crippen LogP contribution is 2.34. The third kappa shape index (κ3) is 3.72. The van der Waals surface area contributed by atoms with E-state index in [1.807, 2.05) is 0 Å². The van der Waals surface area contributed by atoms with Crippen LogP contribution in [0.15, 0.2) is 12.1 Å². The van der Waals surface area contributed by atoms with E-state index in [0.29, 0.717) is 0 Å². The Morgan fingerprint density at radius 1 is 1.31 bits per heavy atom. The standard InChI is InChI=1S/C9H8Cl3NO3/c10-4-1-6(12)7(2-5(4)11)16-8(13)3-9(14)15/h1-2,8H,3,13H2,(H,14,15). The van der Waals surface area contributed by atoms with E-state index in [4.69, 9.17) is 50.4 Å². The molecule has 0 aliphatic heterocycles. The minimum absolute atomic E-state index is 0.199. The lowest BCUT2D eigenvalue weighted by molar-refractivity contribution is -0.138. The van der Waals surface area contributed by atoms with Crippen molar-refractivity contribution >= 4 is 40.8 Å². The normalized spacial score (nSPS) is 12.2. The number of benzene rings is 1. The number of carbonyl (C=O) groups is 1. The van der Waals surface area contributed by atoms with Crippen molar-refractivity contribution in [3.05, 3.63) is 27.2 Å². The monoisotopic (exact) mass is 283 g/mol. The molecule has 88 valence electrons. The first-order valence-electron chi connectivity index (χ1n) is 4.18. The molecular weight excluding hydrogens is 276 g/mol. The van der Waals surface area contributed by atoms with E-state index < -0.39 is 12.2 Å². The molecule has 0 bridgehead atoms. The van der Waals surface area contributed by atoms with Gasteiger partial charge >= 0.3 is 5.97 Å². The third-order valence-electron chi connectivity index (χ3n) is 1.63. The topological polar surface area (TPSA) is 72.6 Å². The van der Waals surface area contributed by atoms with Crippen LogP contribution in [-0.4, -0.2) is 17.3 Å². The minimum Gasteiger partial charge on any atom is -0.481 e. The van der Waals surface area contributed by atoms with Gasteiger partial charge in [0.15, 0.2) is 6.23 Å². The Hall–Kier alpha value is -0.680. The molecule has 0 spiro atoms. The first-order chi connectivity index (χ1) is 7.40. The van der Waals surface area contributed by atoms with Gasteiger partial charge in [-0.05, 0) is 6.07 Å². The molecule has 7 heteroatoms. The van der Waals surface area contributed by atoms with Gasteiger partial charge in [-0.3, -0.25) is 10.5 Å².